The van der Waals surface area contributed by atoms with E-state index in [1.165, 1.54) is 11.8 Å². The molecule has 0 aliphatic carbocycles. The van der Waals surface area contributed by atoms with Crippen molar-refractivity contribution in [2.75, 3.05) is 23.8 Å². The van der Waals surface area contributed by atoms with Crippen LogP contribution >= 0.6 is 11.8 Å². The number of nitrogens with one attached hydrogen (secondary N) is 2. The van der Waals surface area contributed by atoms with Crippen molar-refractivity contribution in [1.29, 1.82) is 0 Å². The molecule has 1 aliphatic rings. The number of ether oxygens (including phenoxy) is 2. The number of anilines is 2. The number of thioether (sulfide) groups is 1. The van der Waals surface area contributed by atoms with Crippen molar-refractivity contribution in [2.24, 2.45) is 0 Å². The average molecular weight is 430 g/mol. The smallest absolute Gasteiger partial charge is 0.303 e. The van der Waals surface area contributed by atoms with E-state index in [0.717, 1.165) is 4.90 Å². The van der Waals surface area contributed by atoms with Gasteiger partial charge in [0, 0.05) is 28.8 Å². The minimum Gasteiger partial charge on any atom is -0.486 e. The van der Waals surface area contributed by atoms with Crippen LogP contribution in [0, 0.1) is 0 Å². The van der Waals surface area contributed by atoms with E-state index in [1.54, 1.807) is 49.4 Å². The molecule has 2 aromatic carbocycles. The molecule has 1 aliphatic heterocycles. The first-order valence-corrected chi connectivity index (χ1v) is 10.3. The van der Waals surface area contributed by atoms with E-state index in [2.05, 4.69) is 10.6 Å². The lowest BCUT2D eigenvalue weighted by molar-refractivity contribution is -0.138. The van der Waals surface area contributed by atoms with Crippen LogP contribution < -0.4 is 20.1 Å². The van der Waals surface area contributed by atoms with Crippen LogP contribution in [0.2, 0.25) is 0 Å². The number of carboxylic acids is 1. The molecule has 2 amide bonds. The minimum atomic E-state index is -1.01. The zero-order valence-corrected chi connectivity index (χ0v) is 17.2. The lowest BCUT2D eigenvalue weighted by atomic mass is 10.2. The van der Waals surface area contributed by atoms with Gasteiger partial charge >= 0.3 is 5.97 Å². The molecule has 1 unspecified atom stereocenters. The molecule has 3 rings (SSSR count). The highest BCUT2D eigenvalue weighted by atomic mass is 32.2. The van der Waals surface area contributed by atoms with Gasteiger partial charge in [0.2, 0.25) is 11.8 Å². The summed E-state index contributed by atoms with van der Waals surface area (Å²) in [5.74, 6) is -0.245. The highest BCUT2D eigenvalue weighted by Gasteiger charge is 2.17. The van der Waals surface area contributed by atoms with Crippen molar-refractivity contribution in [1.82, 2.24) is 0 Å². The summed E-state index contributed by atoms with van der Waals surface area (Å²) in [5, 5.41) is 13.8. The third kappa shape index (κ3) is 6.15. The first-order chi connectivity index (χ1) is 14.4. The number of hydrogen-bond acceptors (Lipinski definition) is 6. The summed E-state index contributed by atoms with van der Waals surface area (Å²) >= 11 is 1.38. The molecular weight excluding hydrogens is 408 g/mol. The van der Waals surface area contributed by atoms with Gasteiger partial charge in [-0.2, -0.15) is 0 Å². The zero-order valence-electron chi connectivity index (χ0n) is 16.3. The first-order valence-electron chi connectivity index (χ1n) is 9.39. The molecule has 8 nitrogen and oxygen atoms in total. The van der Waals surface area contributed by atoms with Gasteiger partial charge in [0.05, 0.1) is 11.7 Å². The van der Waals surface area contributed by atoms with Crippen molar-refractivity contribution < 1.29 is 29.0 Å². The van der Waals surface area contributed by atoms with Crippen molar-refractivity contribution >= 4 is 40.9 Å². The van der Waals surface area contributed by atoms with Gasteiger partial charge in [-0.3, -0.25) is 14.4 Å². The fourth-order valence-corrected chi connectivity index (χ4v) is 3.55. The van der Waals surface area contributed by atoms with E-state index in [4.69, 9.17) is 14.6 Å². The summed E-state index contributed by atoms with van der Waals surface area (Å²) in [6.07, 6.45) is -0.293. The van der Waals surface area contributed by atoms with Gasteiger partial charge in [0.25, 0.3) is 0 Å². The van der Waals surface area contributed by atoms with E-state index in [-0.39, 0.29) is 29.9 Å². The van der Waals surface area contributed by atoms with Crippen LogP contribution in [-0.2, 0) is 14.4 Å². The number of carbonyl (C=O) groups excluding carboxylic acids is 2. The van der Waals surface area contributed by atoms with E-state index in [9.17, 15) is 14.4 Å². The maximum atomic E-state index is 12.5. The topological polar surface area (TPSA) is 114 Å². The van der Waals surface area contributed by atoms with Crippen molar-refractivity contribution in [3.8, 4) is 11.5 Å². The maximum Gasteiger partial charge on any atom is 0.303 e. The molecule has 0 saturated heterocycles. The molecule has 2 aromatic rings. The third-order valence-electron chi connectivity index (χ3n) is 4.20. The second kappa shape index (κ2) is 10.0. The molecule has 0 radical (unpaired) electrons. The Bertz CT molecular complexity index is 932. The number of aliphatic carboxylic acids is 1. The van der Waals surface area contributed by atoms with Gasteiger partial charge in [-0.15, -0.1) is 11.8 Å². The number of rotatable bonds is 8. The normalized spacial score (nSPS) is 13.2. The van der Waals surface area contributed by atoms with Crippen LogP contribution in [0.25, 0.3) is 0 Å². The summed E-state index contributed by atoms with van der Waals surface area (Å²) in [6.45, 7) is 2.80. The van der Waals surface area contributed by atoms with E-state index >= 15 is 0 Å². The molecule has 1 atom stereocenters. The molecule has 0 spiro atoms. The molecule has 3 N–H and O–H groups in total. The number of benzene rings is 2. The predicted octanol–water partition coefficient (Wildman–Crippen LogP) is 3.38. The summed E-state index contributed by atoms with van der Waals surface area (Å²) < 4.78 is 11.0. The number of carbonyl (C=O) groups is 3. The predicted molar refractivity (Wildman–Crippen MR) is 113 cm³/mol. The molecule has 9 heteroatoms. The Morgan fingerprint density at radius 1 is 0.967 bits per heavy atom. The summed E-state index contributed by atoms with van der Waals surface area (Å²) in [5.41, 5.74) is 1.21. The Morgan fingerprint density at radius 3 is 2.33 bits per heavy atom. The Morgan fingerprint density at radius 2 is 1.63 bits per heavy atom. The molecule has 30 heavy (non-hydrogen) atoms. The van der Waals surface area contributed by atoms with Crippen molar-refractivity contribution in [2.45, 2.75) is 29.9 Å². The average Bonchev–Trinajstić information content (AvgIpc) is 2.73. The SMILES string of the molecule is CC(Sc1ccc(NC(=O)CCC(=O)O)cc1)C(=O)Nc1ccc2c(c1)OCCO2. The summed E-state index contributed by atoms with van der Waals surface area (Å²) in [7, 11) is 0. The number of fused-ring (bicyclic) bond motifs is 1. The van der Waals surface area contributed by atoms with Gasteiger partial charge in [-0.05, 0) is 43.3 Å². The van der Waals surface area contributed by atoms with Crippen LogP contribution in [0.4, 0.5) is 11.4 Å². The number of amides is 2. The molecular formula is C21H22N2O6S. The first kappa shape index (κ1) is 21.5. The minimum absolute atomic E-state index is 0.0805. The second-order valence-corrected chi connectivity index (χ2v) is 7.99. The highest BCUT2D eigenvalue weighted by Crippen LogP contribution is 2.33. The number of carboxylic acid groups (broad SMARTS) is 1. The largest absolute Gasteiger partial charge is 0.486 e. The van der Waals surface area contributed by atoms with Crippen LogP contribution in [0.15, 0.2) is 47.4 Å². The van der Waals surface area contributed by atoms with E-state index < -0.39 is 5.97 Å². The maximum absolute atomic E-state index is 12.5. The van der Waals surface area contributed by atoms with Crippen LogP contribution in [-0.4, -0.2) is 41.4 Å². The molecule has 0 aromatic heterocycles. The Balaban J connectivity index is 1.51. The van der Waals surface area contributed by atoms with E-state index in [0.29, 0.717) is 36.1 Å². The van der Waals surface area contributed by atoms with Gasteiger partial charge < -0.3 is 25.2 Å². The molecule has 0 bridgehead atoms. The van der Waals surface area contributed by atoms with Crippen LogP contribution in [0.3, 0.4) is 0 Å². The molecule has 0 saturated carbocycles. The fraction of sp³-hybridized carbons (Fsp3) is 0.286. The van der Waals surface area contributed by atoms with Crippen LogP contribution in [0.1, 0.15) is 19.8 Å². The summed E-state index contributed by atoms with van der Waals surface area (Å²) in [6, 6.07) is 12.3. The van der Waals surface area contributed by atoms with Crippen molar-refractivity contribution in [3.05, 3.63) is 42.5 Å². The molecule has 0 fully saturated rings. The molecule has 158 valence electrons. The Kier molecular flexibility index (Phi) is 7.18. The summed E-state index contributed by atoms with van der Waals surface area (Å²) in [4.78, 5) is 35.6. The van der Waals surface area contributed by atoms with Gasteiger partial charge in [-0.1, -0.05) is 0 Å². The lowest BCUT2D eigenvalue weighted by Crippen LogP contribution is -2.22. The lowest BCUT2D eigenvalue weighted by Gasteiger charge is -2.19. The quantitative estimate of drug-likeness (QED) is 0.550. The highest BCUT2D eigenvalue weighted by molar-refractivity contribution is 8.00. The third-order valence-corrected chi connectivity index (χ3v) is 5.31. The second-order valence-electron chi connectivity index (χ2n) is 6.57. The molecule has 1 heterocycles. The van der Waals surface area contributed by atoms with Crippen molar-refractivity contribution in [3.63, 3.8) is 0 Å². The monoisotopic (exact) mass is 430 g/mol. The van der Waals surface area contributed by atoms with Gasteiger partial charge in [0.1, 0.15) is 13.2 Å². The fourth-order valence-electron chi connectivity index (χ4n) is 2.68. The Labute approximate surface area is 177 Å². The number of hydrogen-bond donors (Lipinski definition) is 3. The van der Waals surface area contributed by atoms with Gasteiger partial charge in [-0.25, -0.2) is 0 Å². The van der Waals surface area contributed by atoms with Crippen LogP contribution in [0.5, 0.6) is 11.5 Å². The van der Waals surface area contributed by atoms with E-state index in [1.807, 2.05) is 0 Å². The zero-order chi connectivity index (χ0) is 21.5. The standard InChI is InChI=1S/C21H22N2O6S/c1-13(21(27)23-15-4-7-17-18(12-15)29-11-10-28-17)30-16-5-2-14(3-6-16)22-19(24)8-9-20(25)26/h2-7,12-13H,8-11H2,1H3,(H,22,24)(H,23,27)(H,25,26). The Hall–Kier alpha value is -3.20. The van der Waals surface area contributed by atoms with Gasteiger partial charge in [0.15, 0.2) is 11.5 Å².